The molecule has 0 saturated heterocycles. The molecule has 0 saturated carbocycles. The minimum Gasteiger partial charge on any atom is -0.479 e. The van der Waals surface area contributed by atoms with E-state index in [-0.39, 0.29) is 6.61 Å². The Balaban J connectivity index is 2.74. The molecule has 0 spiro atoms. The Morgan fingerprint density at radius 1 is 1.29 bits per heavy atom. The first-order valence-corrected chi connectivity index (χ1v) is 6.46. The summed E-state index contributed by atoms with van der Waals surface area (Å²) in [5.41, 5.74) is 0.411. The quantitative estimate of drug-likeness (QED) is 0.866. The van der Waals surface area contributed by atoms with E-state index in [4.69, 9.17) is 4.74 Å². The summed E-state index contributed by atoms with van der Waals surface area (Å²) in [5, 5.41) is 11.5. The first kappa shape index (κ1) is 16.5. The van der Waals surface area contributed by atoms with Crippen molar-refractivity contribution in [1.29, 1.82) is 0 Å². The molecule has 0 aromatic heterocycles. The fourth-order valence-electron chi connectivity index (χ4n) is 1.52. The molecule has 114 valence electrons. The number of hydrogen-bond acceptors (Lipinski definition) is 4. The number of rotatable bonds is 5. The van der Waals surface area contributed by atoms with Gasteiger partial charge in [0.05, 0.1) is 6.61 Å². The molecule has 0 heterocycles. The van der Waals surface area contributed by atoms with Crippen LogP contribution in [0.25, 0.3) is 0 Å². The highest BCUT2D eigenvalue weighted by Gasteiger charge is 2.26. The van der Waals surface area contributed by atoms with Crippen molar-refractivity contribution in [2.75, 3.05) is 13.7 Å². The average molecular weight is 294 g/mol. The van der Waals surface area contributed by atoms with Crippen LogP contribution in [0.1, 0.15) is 24.9 Å². The minimum atomic E-state index is -1.24. The predicted octanol–water partition coefficient (Wildman–Crippen LogP) is 2.00. The summed E-state index contributed by atoms with van der Waals surface area (Å²) in [4.78, 5) is 35.4. The zero-order valence-electron chi connectivity index (χ0n) is 11.9. The summed E-state index contributed by atoms with van der Waals surface area (Å²) in [7, 11) is 1.22. The number of carbonyl (C=O) groups is 3. The highest BCUT2D eigenvalue weighted by atomic mass is 16.6. The van der Waals surface area contributed by atoms with Gasteiger partial charge in [-0.05, 0) is 12.0 Å². The smallest absolute Gasteiger partial charge is 0.417 e. The lowest BCUT2D eigenvalue weighted by atomic mass is 10.1. The van der Waals surface area contributed by atoms with Crippen LogP contribution in [-0.2, 0) is 9.53 Å². The van der Waals surface area contributed by atoms with Gasteiger partial charge in [0.2, 0.25) is 0 Å². The Hall–Kier alpha value is -2.57. The highest BCUT2D eigenvalue weighted by Crippen LogP contribution is 2.13. The molecular formula is C14H18N2O5. The van der Waals surface area contributed by atoms with Gasteiger partial charge in [0.25, 0.3) is 0 Å². The Bertz CT molecular complexity index is 503. The number of ether oxygens (including phenoxy) is 1. The minimum absolute atomic E-state index is 0.192. The van der Waals surface area contributed by atoms with E-state index in [2.05, 4.69) is 5.32 Å². The number of carboxylic acids is 1. The van der Waals surface area contributed by atoms with E-state index in [9.17, 15) is 19.5 Å². The topological polar surface area (TPSA) is 95.9 Å². The molecule has 21 heavy (non-hydrogen) atoms. The van der Waals surface area contributed by atoms with Gasteiger partial charge in [0.15, 0.2) is 6.04 Å². The van der Waals surface area contributed by atoms with Gasteiger partial charge in [0.1, 0.15) is 0 Å². The van der Waals surface area contributed by atoms with E-state index >= 15 is 0 Å². The molecule has 0 fully saturated rings. The molecule has 0 aliphatic heterocycles. The van der Waals surface area contributed by atoms with Gasteiger partial charge >= 0.3 is 18.1 Å². The molecule has 7 nitrogen and oxygen atoms in total. The van der Waals surface area contributed by atoms with Crippen LogP contribution in [0.4, 0.5) is 9.59 Å². The van der Waals surface area contributed by atoms with Crippen molar-refractivity contribution in [3.05, 3.63) is 35.9 Å². The van der Waals surface area contributed by atoms with Crippen LogP contribution in [0.3, 0.4) is 0 Å². The van der Waals surface area contributed by atoms with Crippen LogP contribution < -0.4 is 5.32 Å². The number of imide groups is 1. The summed E-state index contributed by atoms with van der Waals surface area (Å²) >= 11 is 0. The van der Waals surface area contributed by atoms with Crippen molar-refractivity contribution >= 4 is 18.1 Å². The van der Waals surface area contributed by atoms with Crippen LogP contribution in [0.5, 0.6) is 0 Å². The van der Waals surface area contributed by atoms with Crippen LogP contribution in [-0.4, -0.2) is 41.8 Å². The highest BCUT2D eigenvalue weighted by molar-refractivity contribution is 5.92. The summed E-state index contributed by atoms with van der Waals surface area (Å²) in [6, 6.07) is 6.14. The number of aliphatic carboxylic acids is 1. The van der Waals surface area contributed by atoms with E-state index in [0.717, 1.165) is 0 Å². The van der Waals surface area contributed by atoms with Gasteiger partial charge in [-0.3, -0.25) is 0 Å². The Labute approximate surface area is 122 Å². The lowest BCUT2D eigenvalue weighted by molar-refractivity contribution is -0.139. The molecule has 0 unspecified atom stereocenters. The maximum atomic E-state index is 11.9. The molecule has 2 N–H and O–H groups in total. The van der Waals surface area contributed by atoms with E-state index in [1.54, 1.807) is 30.3 Å². The number of nitrogens with one attached hydrogen (secondary N) is 1. The van der Waals surface area contributed by atoms with Gasteiger partial charge in [-0.25, -0.2) is 19.3 Å². The van der Waals surface area contributed by atoms with Gasteiger partial charge in [-0.15, -0.1) is 0 Å². The normalized spacial score (nSPS) is 11.3. The Morgan fingerprint density at radius 3 is 2.43 bits per heavy atom. The summed E-state index contributed by atoms with van der Waals surface area (Å²) in [5.74, 6) is -1.22. The summed E-state index contributed by atoms with van der Waals surface area (Å²) in [6.45, 7) is 2.01. The van der Waals surface area contributed by atoms with Crippen LogP contribution in [0.2, 0.25) is 0 Å². The molecule has 0 aliphatic rings. The van der Waals surface area contributed by atoms with Crippen LogP contribution >= 0.6 is 0 Å². The lowest BCUT2D eigenvalue weighted by Crippen LogP contribution is -2.44. The average Bonchev–Trinajstić information content (AvgIpc) is 2.49. The zero-order chi connectivity index (χ0) is 15.8. The number of amides is 3. The third-order valence-corrected chi connectivity index (χ3v) is 2.66. The van der Waals surface area contributed by atoms with Crippen molar-refractivity contribution in [2.24, 2.45) is 0 Å². The van der Waals surface area contributed by atoms with Crippen molar-refractivity contribution < 1.29 is 24.2 Å². The number of nitrogens with zero attached hydrogens (tertiary/aromatic N) is 1. The predicted molar refractivity (Wildman–Crippen MR) is 74.8 cm³/mol. The number of benzene rings is 1. The largest absolute Gasteiger partial charge is 0.479 e. The van der Waals surface area contributed by atoms with Crippen LogP contribution in [0, 0.1) is 0 Å². The molecule has 0 aliphatic carbocycles. The number of carboxylic acid groups (broad SMARTS) is 1. The Morgan fingerprint density at radius 2 is 1.90 bits per heavy atom. The molecule has 1 aromatic carbocycles. The first-order valence-electron chi connectivity index (χ1n) is 6.46. The van der Waals surface area contributed by atoms with Crippen LogP contribution in [0.15, 0.2) is 30.3 Å². The van der Waals surface area contributed by atoms with Crippen molar-refractivity contribution in [2.45, 2.75) is 19.4 Å². The van der Waals surface area contributed by atoms with Gasteiger partial charge < -0.3 is 15.2 Å². The lowest BCUT2D eigenvalue weighted by Gasteiger charge is -2.20. The fourth-order valence-corrected chi connectivity index (χ4v) is 1.52. The molecule has 1 rings (SSSR count). The van der Waals surface area contributed by atoms with Gasteiger partial charge in [-0.1, -0.05) is 37.3 Å². The second-order valence-electron chi connectivity index (χ2n) is 4.30. The molecule has 3 amide bonds. The zero-order valence-corrected chi connectivity index (χ0v) is 11.9. The standard InChI is InChI=1S/C14H18N2O5/c1-3-9-21-14(20)16(2)13(19)15-11(12(17)18)10-7-5-4-6-8-10/h4-8,11H,3,9H2,1-2H3,(H,15,19)(H,17,18)/t11-/m1/s1. The number of carbonyl (C=O) groups excluding carboxylic acids is 2. The van der Waals surface area contributed by atoms with Crippen molar-refractivity contribution in [3.63, 3.8) is 0 Å². The molecule has 0 radical (unpaired) electrons. The summed E-state index contributed by atoms with van der Waals surface area (Å²) in [6.07, 6.45) is -0.199. The second kappa shape index (κ2) is 7.88. The van der Waals surface area contributed by atoms with E-state index in [1.807, 2.05) is 6.92 Å². The SMILES string of the molecule is CCCOC(=O)N(C)C(=O)N[C@@H](C(=O)O)c1ccccc1. The number of hydrogen-bond donors (Lipinski definition) is 2. The third kappa shape index (κ3) is 4.79. The maximum Gasteiger partial charge on any atom is 0.417 e. The van der Waals surface area contributed by atoms with Crippen molar-refractivity contribution in [1.82, 2.24) is 10.2 Å². The van der Waals surface area contributed by atoms with E-state index < -0.39 is 24.1 Å². The second-order valence-corrected chi connectivity index (χ2v) is 4.30. The first-order chi connectivity index (χ1) is 9.97. The van der Waals surface area contributed by atoms with Gasteiger partial charge in [-0.2, -0.15) is 0 Å². The van der Waals surface area contributed by atoms with Gasteiger partial charge in [0, 0.05) is 7.05 Å². The monoisotopic (exact) mass is 294 g/mol. The Kier molecular flexibility index (Phi) is 6.19. The third-order valence-electron chi connectivity index (χ3n) is 2.66. The maximum absolute atomic E-state index is 11.9. The molecule has 7 heteroatoms. The molecular weight excluding hydrogens is 276 g/mol. The van der Waals surface area contributed by atoms with Crippen molar-refractivity contribution in [3.8, 4) is 0 Å². The molecule has 1 aromatic rings. The number of urea groups is 1. The molecule has 1 atom stereocenters. The van der Waals surface area contributed by atoms with E-state index in [0.29, 0.717) is 16.9 Å². The van der Waals surface area contributed by atoms with E-state index in [1.165, 1.54) is 7.05 Å². The summed E-state index contributed by atoms with van der Waals surface area (Å²) < 4.78 is 4.80. The molecule has 0 bridgehead atoms. The fraction of sp³-hybridized carbons (Fsp3) is 0.357.